The van der Waals surface area contributed by atoms with E-state index in [0.717, 1.165) is 15.7 Å². The van der Waals surface area contributed by atoms with E-state index in [4.69, 9.17) is 4.84 Å². The SMILES string of the molecule is O=C(C[C@@H](Cc1ccccc1)NOCc1ccccc1)N1CCn2c(nnc2C(F)(F)F)C1. The Kier molecular flexibility index (Phi) is 7.05. The van der Waals surface area contributed by atoms with E-state index in [1.807, 2.05) is 60.7 Å². The fourth-order valence-corrected chi connectivity index (χ4v) is 3.79. The number of aromatic nitrogens is 3. The summed E-state index contributed by atoms with van der Waals surface area (Å²) in [6.45, 7) is 0.498. The number of rotatable bonds is 8. The molecule has 0 spiro atoms. The molecule has 1 amide bonds. The number of halogens is 3. The maximum atomic E-state index is 13.1. The van der Waals surface area contributed by atoms with Crippen molar-refractivity contribution >= 4 is 5.91 Å². The lowest BCUT2D eigenvalue weighted by atomic mass is 10.0. The summed E-state index contributed by atoms with van der Waals surface area (Å²) in [5.41, 5.74) is 5.03. The summed E-state index contributed by atoms with van der Waals surface area (Å²) in [6.07, 6.45) is -3.88. The minimum absolute atomic E-state index is 0.00417. The standard InChI is InChI=1S/C23H24F3N5O2/c24-23(25,26)22-28-27-20-15-30(11-12-31(20)22)21(32)14-19(13-17-7-3-1-4-8-17)29-33-16-18-9-5-2-6-10-18/h1-10,19,29H,11-16H2/t19-/m1/s1. The molecule has 4 rings (SSSR count). The molecular formula is C23H24F3N5O2. The number of hydroxylamine groups is 1. The quantitative estimate of drug-likeness (QED) is 0.523. The van der Waals surface area contributed by atoms with Crippen LogP contribution in [0.15, 0.2) is 60.7 Å². The molecule has 0 bridgehead atoms. The van der Waals surface area contributed by atoms with Crippen molar-refractivity contribution in [3.05, 3.63) is 83.4 Å². The summed E-state index contributed by atoms with van der Waals surface area (Å²) in [5, 5.41) is 6.91. The van der Waals surface area contributed by atoms with Gasteiger partial charge in [0.1, 0.15) is 0 Å². The highest BCUT2D eigenvalue weighted by Crippen LogP contribution is 2.29. The first kappa shape index (κ1) is 22.9. The monoisotopic (exact) mass is 459 g/mol. The average Bonchev–Trinajstić information content (AvgIpc) is 3.24. The zero-order valence-electron chi connectivity index (χ0n) is 17.8. The van der Waals surface area contributed by atoms with Crippen LogP contribution in [0.2, 0.25) is 0 Å². The molecule has 174 valence electrons. The second-order valence-corrected chi connectivity index (χ2v) is 7.89. The summed E-state index contributed by atoms with van der Waals surface area (Å²) in [5.74, 6) is -1.08. The molecule has 0 aliphatic carbocycles. The molecule has 33 heavy (non-hydrogen) atoms. The Morgan fingerprint density at radius 2 is 1.67 bits per heavy atom. The van der Waals surface area contributed by atoms with Crippen molar-refractivity contribution in [2.24, 2.45) is 0 Å². The third kappa shape index (κ3) is 5.96. The van der Waals surface area contributed by atoms with Gasteiger partial charge in [0.25, 0.3) is 0 Å². The Hall–Kier alpha value is -3.24. The number of benzene rings is 2. The summed E-state index contributed by atoms with van der Waals surface area (Å²) >= 11 is 0. The predicted molar refractivity (Wildman–Crippen MR) is 113 cm³/mol. The fraction of sp³-hybridized carbons (Fsp3) is 0.348. The normalized spacial score (nSPS) is 14.7. The first-order chi connectivity index (χ1) is 15.9. The van der Waals surface area contributed by atoms with Crippen LogP contribution in [0, 0.1) is 0 Å². The van der Waals surface area contributed by atoms with E-state index in [2.05, 4.69) is 15.7 Å². The van der Waals surface area contributed by atoms with E-state index in [9.17, 15) is 18.0 Å². The molecule has 1 aliphatic rings. The maximum absolute atomic E-state index is 13.1. The molecule has 1 aliphatic heterocycles. The van der Waals surface area contributed by atoms with Crippen LogP contribution < -0.4 is 5.48 Å². The first-order valence-corrected chi connectivity index (χ1v) is 10.6. The van der Waals surface area contributed by atoms with Gasteiger partial charge in [-0.15, -0.1) is 10.2 Å². The highest BCUT2D eigenvalue weighted by atomic mass is 19.4. The number of alkyl halides is 3. The summed E-state index contributed by atoms with van der Waals surface area (Å²) in [4.78, 5) is 20.2. The van der Waals surface area contributed by atoms with Crippen molar-refractivity contribution in [1.82, 2.24) is 25.1 Å². The number of amides is 1. The molecule has 0 unspecified atom stereocenters. The van der Waals surface area contributed by atoms with Gasteiger partial charge in [0.05, 0.1) is 13.2 Å². The van der Waals surface area contributed by atoms with Gasteiger partial charge in [-0.05, 0) is 17.5 Å². The zero-order chi connectivity index (χ0) is 23.3. The summed E-state index contributed by atoms with van der Waals surface area (Å²) < 4.78 is 40.2. The number of nitrogens with zero attached hydrogens (tertiary/aromatic N) is 4. The lowest BCUT2D eigenvalue weighted by Gasteiger charge is -2.29. The van der Waals surface area contributed by atoms with E-state index in [1.54, 1.807) is 0 Å². The minimum atomic E-state index is -4.57. The van der Waals surface area contributed by atoms with E-state index in [1.165, 1.54) is 4.90 Å². The molecule has 0 radical (unpaired) electrons. The molecule has 2 heterocycles. The maximum Gasteiger partial charge on any atom is 0.451 e. The number of carbonyl (C=O) groups excluding carboxylic acids is 1. The highest BCUT2D eigenvalue weighted by molar-refractivity contribution is 5.77. The third-order valence-corrected chi connectivity index (χ3v) is 5.44. The van der Waals surface area contributed by atoms with Crippen LogP contribution in [0.1, 0.15) is 29.2 Å². The minimum Gasteiger partial charge on any atom is -0.333 e. The Morgan fingerprint density at radius 3 is 2.33 bits per heavy atom. The number of hydrogen-bond acceptors (Lipinski definition) is 5. The summed E-state index contributed by atoms with van der Waals surface area (Å²) in [6, 6.07) is 19.0. The van der Waals surface area contributed by atoms with Gasteiger partial charge in [0.15, 0.2) is 5.82 Å². The molecule has 1 aromatic heterocycles. The van der Waals surface area contributed by atoms with Gasteiger partial charge in [-0.2, -0.15) is 18.7 Å². The third-order valence-electron chi connectivity index (χ3n) is 5.44. The van der Waals surface area contributed by atoms with Crippen LogP contribution in [0.5, 0.6) is 0 Å². The smallest absolute Gasteiger partial charge is 0.333 e. The number of hydrogen-bond donors (Lipinski definition) is 1. The van der Waals surface area contributed by atoms with Crippen LogP contribution in [-0.2, 0) is 41.9 Å². The molecule has 0 saturated heterocycles. The Morgan fingerprint density at radius 1 is 1.00 bits per heavy atom. The van der Waals surface area contributed by atoms with Crippen LogP contribution in [0.25, 0.3) is 0 Å². The van der Waals surface area contributed by atoms with Crippen LogP contribution in [-0.4, -0.2) is 38.2 Å². The Labute approximate surface area is 189 Å². The first-order valence-electron chi connectivity index (χ1n) is 10.6. The molecule has 3 aromatic rings. The number of carbonyl (C=O) groups is 1. The van der Waals surface area contributed by atoms with Crippen LogP contribution >= 0.6 is 0 Å². The number of fused-ring (bicyclic) bond motifs is 1. The van der Waals surface area contributed by atoms with E-state index in [-0.39, 0.29) is 43.8 Å². The van der Waals surface area contributed by atoms with Crippen molar-refractivity contribution < 1.29 is 22.8 Å². The molecular weight excluding hydrogens is 435 g/mol. The molecule has 0 fully saturated rings. The Balaban J connectivity index is 1.39. The summed E-state index contributed by atoms with van der Waals surface area (Å²) in [7, 11) is 0. The van der Waals surface area contributed by atoms with Gasteiger partial charge in [0, 0.05) is 25.6 Å². The van der Waals surface area contributed by atoms with Gasteiger partial charge < -0.3 is 9.47 Å². The molecule has 1 N–H and O–H groups in total. The second kappa shape index (κ2) is 10.1. The second-order valence-electron chi connectivity index (χ2n) is 7.89. The highest BCUT2D eigenvalue weighted by Gasteiger charge is 2.40. The zero-order valence-corrected chi connectivity index (χ0v) is 17.8. The van der Waals surface area contributed by atoms with Crippen molar-refractivity contribution in [2.75, 3.05) is 6.54 Å². The van der Waals surface area contributed by atoms with E-state index >= 15 is 0 Å². The van der Waals surface area contributed by atoms with E-state index < -0.39 is 12.0 Å². The fourth-order valence-electron chi connectivity index (χ4n) is 3.79. The van der Waals surface area contributed by atoms with Crippen molar-refractivity contribution in [3.8, 4) is 0 Å². The van der Waals surface area contributed by atoms with Gasteiger partial charge in [-0.3, -0.25) is 9.63 Å². The molecule has 1 atom stereocenters. The Bertz CT molecular complexity index is 1060. The van der Waals surface area contributed by atoms with Gasteiger partial charge in [-0.1, -0.05) is 60.7 Å². The average molecular weight is 459 g/mol. The number of nitrogens with one attached hydrogen (secondary N) is 1. The van der Waals surface area contributed by atoms with E-state index in [0.29, 0.717) is 13.0 Å². The molecule has 2 aromatic carbocycles. The molecule has 0 saturated carbocycles. The van der Waals surface area contributed by atoms with Gasteiger partial charge in [-0.25, -0.2) is 0 Å². The van der Waals surface area contributed by atoms with Crippen molar-refractivity contribution in [3.63, 3.8) is 0 Å². The van der Waals surface area contributed by atoms with Gasteiger partial charge >= 0.3 is 6.18 Å². The predicted octanol–water partition coefficient (Wildman–Crippen LogP) is 3.36. The van der Waals surface area contributed by atoms with Crippen LogP contribution in [0.3, 0.4) is 0 Å². The topological polar surface area (TPSA) is 72.3 Å². The van der Waals surface area contributed by atoms with Crippen molar-refractivity contribution in [2.45, 2.75) is 44.8 Å². The largest absolute Gasteiger partial charge is 0.451 e. The lowest BCUT2D eigenvalue weighted by Crippen LogP contribution is -2.43. The van der Waals surface area contributed by atoms with Crippen LogP contribution in [0.4, 0.5) is 13.2 Å². The van der Waals surface area contributed by atoms with Gasteiger partial charge in [0.2, 0.25) is 11.7 Å². The lowest BCUT2D eigenvalue weighted by molar-refractivity contribution is -0.148. The van der Waals surface area contributed by atoms with Crippen molar-refractivity contribution in [1.29, 1.82) is 0 Å². The molecule has 7 nitrogen and oxygen atoms in total. The molecule has 10 heteroatoms.